The molecule has 0 N–H and O–H groups in total. The average Bonchev–Trinajstić information content (AvgIpc) is 2.76. The largest absolute Gasteiger partial charge is 0.462 e. The lowest BCUT2D eigenvalue weighted by Gasteiger charge is -2.29. The normalized spacial score (nSPS) is 14.2. The molecule has 0 radical (unpaired) electrons. The standard InChI is InChI=1S/C21H19ClFN3O4/c1-2-30-21(28)16-12-26(20-15(18(16)27)11-17(23)19(22)24-20)14-5-3-4-13(10-14)25-6-8-29-9-7-25/h3-5,10-12H,2,6-9H2,1H3. The summed E-state index contributed by atoms with van der Waals surface area (Å²) in [6, 6.07) is 8.54. The molecule has 4 rings (SSSR count). The maximum atomic E-state index is 14.1. The van der Waals surface area contributed by atoms with Crippen molar-refractivity contribution in [1.82, 2.24) is 9.55 Å². The number of carbonyl (C=O) groups excluding carboxylic acids is 1. The van der Waals surface area contributed by atoms with Gasteiger partial charge in [0.25, 0.3) is 0 Å². The number of halogens is 2. The highest BCUT2D eigenvalue weighted by atomic mass is 35.5. The zero-order valence-corrected chi connectivity index (χ0v) is 17.0. The number of fused-ring (bicyclic) bond motifs is 1. The Kier molecular flexibility index (Phi) is 5.69. The van der Waals surface area contributed by atoms with E-state index in [4.69, 9.17) is 21.1 Å². The van der Waals surface area contributed by atoms with Crippen molar-refractivity contribution in [3.05, 3.63) is 63.3 Å². The Bertz CT molecular complexity index is 1170. The Morgan fingerprint density at radius 1 is 1.27 bits per heavy atom. The number of ether oxygens (including phenoxy) is 2. The van der Waals surface area contributed by atoms with Gasteiger partial charge in [-0.15, -0.1) is 0 Å². The maximum Gasteiger partial charge on any atom is 0.343 e. The van der Waals surface area contributed by atoms with E-state index >= 15 is 0 Å². The van der Waals surface area contributed by atoms with Crippen molar-refractivity contribution < 1.29 is 18.7 Å². The molecule has 0 bridgehead atoms. The van der Waals surface area contributed by atoms with Gasteiger partial charge < -0.3 is 18.9 Å². The molecule has 1 fully saturated rings. The molecule has 2 aromatic heterocycles. The van der Waals surface area contributed by atoms with Gasteiger partial charge in [0.1, 0.15) is 11.2 Å². The molecule has 156 valence electrons. The monoisotopic (exact) mass is 431 g/mol. The van der Waals surface area contributed by atoms with Gasteiger partial charge in [0.05, 0.1) is 25.2 Å². The van der Waals surface area contributed by atoms with Crippen LogP contribution in [0.25, 0.3) is 16.7 Å². The SMILES string of the molecule is CCOC(=O)c1cn(-c2cccc(N3CCOCC3)c2)c2nc(Cl)c(F)cc2c1=O. The Morgan fingerprint density at radius 2 is 2.00 bits per heavy atom. The second-order valence-corrected chi connectivity index (χ2v) is 7.07. The van der Waals surface area contributed by atoms with Crippen molar-refractivity contribution in [2.45, 2.75) is 6.92 Å². The number of carbonyl (C=O) groups is 1. The Hall–Kier alpha value is -2.97. The lowest BCUT2D eigenvalue weighted by atomic mass is 10.1. The van der Waals surface area contributed by atoms with Crippen molar-refractivity contribution in [2.24, 2.45) is 0 Å². The number of pyridine rings is 2. The molecule has 30 heavy (non-hydrogen) atoms. The number of esters is 1. The summed E-state index contributed by atoms with van der Waals surface area (Å²) in [4.78, 5) is 31.4. The molecular formula is C21H19ClFN3O4. The van der Waals surface area contributed by atoms with Crippen LogP contribution in [0, 0.1) is 5.82 Å². The smallest absolute Gasteiger partial charge is 0.343 e. The summed E-state index contributed by atoms with van der Waals surface area (Å²) in [5.74, 6) is -1.62. The topological polar surface area (TPSA) is 73.7 Å². The van der Waals surface area contributed by atoms with Crippen molar-refractivity contribution in [1.29, 1.82) is 0 Å². The summed E-state index contributed by atoms with van der Waals surface area (Å²) in [7, 11) is 0. The van der Waals surface area contributed by atoms with Crippen LogP contribution in [0.2, 0.25) is 5.15 Å². The molecule has 0 aliphatic carbocycles. The minimum Gasteiger partial charge on any atom is -0.462 e. The van der Waals surface area contributed by atoms with Gasteiger partial charge in [0.2, 0.25) is 5.43 Å². The predicted molar refractivity (Wildman–Crippen MR) is 111 cm³/mol. The van der Waals surface area contributed by atoms with Crippen molar-refractivity contribution in [3.8, 4) is 5.69 Å². The van der Waals surface area contributed by atoms with Crippen LogP contribution in [0.3, 0.4) is 0 Å². The molecular weight excluding hydrogens is 413 g/mol. The van der Waals surface area contributed by atoms with Crippen molar-refractivity contribution >= 4 is 34.3 Å². The molecule has 3 aromatic rings. The van der Waals surface area contributed by atoms with Crippen LogP contribution in [0.4, 0.5) is 10.1 Å². The number of hydrogen-bond donors (Lipinski definition) is 0. The number of anilines is 1. The van der Waals surface area contributed by atoms with Gasteiger partial charge in [-0.1, -0.05) is 17.7 Å². The van der Waals surface area contributed by atoms with Gasteiger partial charge in [-0.25, -0.2) is 14.2 Å². The summed E-state index contributed by atoms with van der Waals surface area (Å²) in [5.41, 5.74) is 0.883. The molecule has 3 heterocycles. The first-order valence-electron chi connectivity index (χ1n) is 9.51. The first kappa shape index (κ1) is 20.3. The average molecular weight is 432 g/mol. The zero-order chi connectivity index (χ0) is 21.3. The van der Waals surface area contributed by atoms with Crippen LogP contribution in [-0.2, 0) is 9.47 Å². The van der Waals surface area contributed by atoms with E-state index in [9.17, 15) is 14.0 Å². The fourth-order valence-electron chi connectivity index (χ4n) is 3.41. The van der Waals surface area contributed by atoms with Crippen LogP contribution < -0.4 is 10.3 Å². The van der Waals surface area contributed by atoms with E-state index in [1.165, 1.54) is 6.20 Å². The number of nitrogens with zero attached hydrogens (tertiary/aromatic N) is 3. The molecule has 9 heteroatoms. The second kappa shape index (κ2) is 8.41. The van der Waals surface area contributed by atoms with E-state index in [2.05, 4.69) is 9.88 Å². The lowest BCUT2D eigenvalue weighted by molar-refractivity contribution is 0.0524. The van der Waals surface area contributed by atoms with Gasteiger partial charge in [-0.2, -0.15) is 0 Å². The van der Waals surface area contributed by atoms with Gasteiger partial charge in [-0.3, -0.25) is 4.79 Å². The number of rotatable bonds is 4. The van der Waals surface area contributed by atoms with Gasteiger partial charge in [-0.05, 0) is 31.2 Å². The highest BCUT2D eigenvalue weighted by Gasteiger charge is 2.20. The zero-order valence-electron chi connectivity index (χ0n) is 16.2. The third-order valence-electron chi connectivity index (χ3n) is 4.87. The third-order valence-corrected chi connectivity index (χ3v) is 5.13. The Morgan fingerprint density at radius 3 is 2.73 bits per heavy atom. The van der Waals surface area contributed by atoms with Gasteiger partial charge in [0, 0.05) is 30.7 Å². The number of benzene rings is 1. The van der Waals surface area contributed by atoms with Crippen molar-refractivity contribution in [3.63, 3.8) is 0 Å². The number of aromatic nitrogens is 2. The van der Waals surface area contributed by atoms with E-state index in [1.54, 1.807) is 11.5 Å². The number of hydrogen-bond acceptors (Lipinski definition) is 6. The summed E-state index contributed by atoms with van der Waals surface area (Å²) in [6.07, 6.45) is 1.36. The highest BCUT2D eigenvalue weighted by Crippen LogP contribution is 2.24. The van der Waals surface area contributed by atoms with Crippen molar-refractivity contribution in [2.75, 3.05) is 37.8 Å². The molecule has 0 amide bonds. The van der Waals surface area contributed by atoms with Crippen LogP contribution in [0.5, 0.6) is 0 Å². The van der Waals surface area contributed by atoms with Crippen LogP contribution in [0.15, 0.2) is 41.3 Å². The molecule has 7 nitrogen and oxygen atoms in total. The van der Waals surface area contributed by atoms with E-state index in [0.717, 1.165) is 24.8 Å². The summed E-state index contributed by atoms with van der Waals surface area (Å²) in [5, 5.41) is -0.414. The number of morpholine rings is 1. The van der Waals surface area contributed by atoms with E-state index in [-0.39, 0.29) is 28.4 Å². The van der Waals surface area contributed by atoms with Crippen LogP contribution in [-0.4, -0.2) is 48.4 Å². The molecule has 0 unspecified atom stereocenters. The summed E-state index contributed by atoms with van der Waals surface area (Å²) >= 11 is 5.89. The highest BCUT2D eigenvalue weighted by molar-refractivity contribution is 6.29. The van der Waals surface area contributed by atoms with E-state index < -0.39 is 17.2 Å². The third kappa shape index (κ3) is 3.76. The first-order chi connectivity index (χ1) is 14.5. The minimum absolute atomic E-state index is 0.0563. The molecule has 1 aliphatic rings. The summed E-state index contributed by atoms with van der Waals surface area (Å²) < 4.78 is 26.0. The van der Waals surface area contributed by atoms with Gasteiger partial charge >= 0.3 is 5.97 Å². The molecule has 0 spiro atoms. The predicted octanol–water partition coefficient (Wildman–Crippen LogP) is 3.19. The lowest BCUT2D eigenvalue weighted by Crippen LogP contribution is -2.36. The molecule has 0 saturated carbocycles. The quantitative estimate of drug-likeness (QED) is 0.466. The second-order valence-electron chi connectivity index (χ2n) is 6.71. The molecule has 1 aliphatic heterocycles. The van der Waals surface area contributed by atoms with E-state index in [0.29, 0.717) is 18.9 Å². The van der Waals surface area contributed by atoms with E-state index in [1.807, 2.05) is 24.3 Å². The summed E-state index contributed by atoms with van der Waals surface area (Å²) in [6.45, 7) is 4.51. The Labute approximate surface area is 176 Å². The fraction of sp³-hybridized carbons (Fsp3) is 0.286. The molecule has 1 aromatic carbocycles. The Balaban J connectivity index is 1.93. The fourth-order valence-corrected chi connectivity index (χ4v) is 3.55. The van der Waals surface area contributed by atoms with Crippen LogP contribution >= 0.6 is 11.6 Å². The minimum atomic E-state index is -0.837. The van der Waals surface area contributed by atoms with Crippen LogP contribution in [0.1, 0.15) is 17.3 Å². The molecule has 1 saturated heterocycles. The molecule has 0 atom stereocenters. The maximum absolute atomic E-state index is 14.1. The van der Waals surface area contributed by atoms with Gasteiger partial charge in [0.15, 0.2) is 11.0 Å². The first-order valence-corrected chi connectivity index (χ1v) is 9.89.